The first-order chi connectivity index (χ1) is 39.3. The van der Waals surface area contributed by atoms with E-state index in [1.807, 2.05) is 85.1 Å². The second-order valence-corrected chi connectivity index (χ2v) is 22.8. The van der Waals surface area contributed by atoms with Crippen LogP contribution >= 0.6 is 0 Å². The lowest BCUT2D eigenvalue weighted by Crippen LogP contribution is -2.68. The molecule has 7 aromatic rings. The van der Waals surface area contributed by atoms with E-state index in [1.54, 1.807) is 34.5 Å². The number of methoxy groups -OCH3 is 4. The number of nitriles is 1. The molecule has 0 saturated carbocycles. The van der Waals surface area contributed by atoms with Crippen molar-refractivity contribution < 1.29 is 23.3 Å². The van der Waals surface area contributed by atoms with Gasteiger partial charge in [0.2, 0.25) is 5.95 Å². The molecule has 0 N–H and O–H groups in total. The summed E-state index contributed by atoms with van der Waals surface area (Å²) >= 11 is 0. The highest BCUT2D eigenvalue weighted by Crippen LogP contribution is 2.51. The van der Waals surface area contributed by atoms with Crippen LogP contribution < -0.4 is 38.5 Å². The summed E-state index contributed by atoms with van der Waals surface area (Å²) in [7, 11) is 11.0. The average molecular weight is 1090 g/mol. The summed E-state index contributed by atoms with van der Waals surface area (Å²) in [5.41, 5.74) is 9.05. The molecule has 4 aliphatic rings. The number of hydrogen-bond acceptors (Lipinski definition) is 14. The van der Waals surface area contributed by atoms with E-state index in [-0.39, 0.29) is 17.4 Å². The zero-order valence-electron chi connectivity index (χ0n) is 48.2. The van der Waals surface area contributed by atoms with Gasteiger partial charge in [-0.1, -0.05) is 54.6 Å². The molecule has 81 heavy (non-hydrogen) atoms. The van der Waals surface area contributed by atoms with Crippen molar-refractivity contribution in [1.29, 1.82) is 5.26 Å². The van der Waals surface area contributed by atoms with Crippen LogP contribution in [-0.4, -0.2) is 99.0 Å². The Bertz CT molecular complexity index is 3280. The average Bonchev–Trinajstić information content (AvgIpc) is 4.15. The minimum Gasteiger partial charge on any atom is -0.497 e. The Morgan fingerprint density at radius 2 is 1.21 bits per heavy atom. The van der Waals surface area contributed by atoms with Crippen molar-refractivity contribution in [1.82, 2.24) is 24.8 Å². The van der Waals surface area contributed by atoms with E-state index in [9.17, 15) is 5.26 Å². The van der Waals surface area contributed by atoms with E-state index in [1.165, 1.54) is 12.8 Å². The predicted molar refractivity (Wildman–Crippen MR) is 317 cm³/mol. The fourth-order valence-electron chi connectivity index (χ4n) is 13.1. The highest BCUT2D eigenvalue weighted by molar-refractivity contribution is 5.69. The number of rotatable bonds is 19. The first-order valence-electron chi connectivity index (χ1n) is 28.4. The smallest absolute Gasteiger partial charge is 0.227 e. The summed E-state index contributed by atoms with van der Waals surface area (Å²) in [6.45, 7) is 11.0. The van der Waals surface area contributed by atoms with Gasteiger partial charge >= 0.3 is 0 Å². The molecule has 15 heteroatoms. The van der Waals surface area contributed by atoms with Crippen molar-refractivity contribution in [2.24, 2.45) is 0 Å². The van der Waals surface area contributed by atoms with Gasteiger partial charge in [-0.2, -0.15) is 10.2 Å². The maximum Gasteiger partial charge on any atom is 0.227 e. The Labute approximate surface area is 477 Å². The van der Waals surface area contributed by atoms with E-state index < -0.39 is 5.54 Å². The van der Waals surface area contributed by atoms with Gasteiger partial charge in [0, 0.05) is 76.6 Å². The summed E-state index contributed by atoms with van der Waals surface area (Å²) < 4.78 is 39.5. The third kappa shape index (κ3) is 10.9. The topological polar surface area (TPSA) is 119 Å². The Kier molecular flexibility index (Phi) is 15.8. The summed E-state index contributed by atoms with van der Waals surface area (Å²) in [6.07, 6.45) is 6.85. The third-order valence-corrected chi connectivity index (χ3v) is 17.8. The van der Waals surface area contributed by atoms with Crippen LogP contribution in [0.3, 0.4) is 0 Å². The highest BCUT2D eigenvalue weighted by atomic mass is 19.1. The fraction of sp³-hybridized carbons (Fsp3) is 0.394. The molecule has 1 aliphatic carbocycles. The van der Waals surface area contributed by atoms with Crippen molar-refractivity contribution in [2.75, 3.05) is 88.3 Å². The molecule has 2 aromatic heterocycles. The number of likely N-dealkylation sites (tertiary alicyclic amines) is 1. The second-order valence-electron chi connectivity index (χ2n) is 22.8. The van der Waals surface area contributed by atoms with Gasteiger partial charge in [0.15, 0.2) is 0 Å². The standard InChI is InChI=1S/C66H75FN10O4/c1-45(54-14-12-32-69-62(54)75(40-48-19-27-52(80-7)28-20-48)41-49-21-29-53(81-8)30-22-49)73(4)63-57-42-72(3)66(36-59(57)70-64(71-63)76-43-65(2,44-76)77-33-9-10-34-77)31-11-13-55-58(67)35-60(56(37-68)61(55)66)74(38-46-15-23-50(78-5)24-16-46)39-47-17-25-51(79-6)26-18-47/h12,14-30,32,35,45H,9-11,13,31,33-34,36,38-44H2,1-8H3/t45-,66?/m1/s1. The van der Waals surface area contributed by atoms with Gasteiger partial charge in [0.25, 0.3) is 0 Å². The normalized spacial score (nSPS) is 17.8. The molecular weight excluding hydrogens is 1020 g/mol. The highest BCUT2D eigenvalue weighted by Gasteiger charge is 2.50. The second kappa shape index (κ2) is 23.3. The molecule has 1 spiro atoms. The molecule has 0 amide bonds. The number of benzene rings is 5. The maximum absolute atomic E-state index is 17.4. The van der Waals surface area contributed by atoms with Crippen LogP contribution in [0.2, 0.25) is 0 Å². The summed E-state index contributed by atoms with van der Waals surface area (Å²) in [4.78, 5) is 30.5. The Balaban J connectivity index is 0.999. The van der Waals surface area contributed by atoms with Gasteiger partial charge in [0.05, 0.1) is 62.5 Å². The van der Waals surface area contributed by atoms with Gasteiger partial charge in [-0.3, -0.25) is 9.80 Å². The third-order valence-electron chi connectivity index (χ3n) is 17.8. The zero-order chi connectivity index (χ0) is 56.4. The number of aromatic nitrogens is 3. The van der Waals surface area contributed by atoms with Crippen LogP contribution in [0.15, 0.2) is 121 Å². The molecule has 3 aliphatic heterocycles. The molecule has 0 radical (unpaired) electrons. The van der Waals surface area contributed by atoms with Crippen LogP contribution in [-0.2, 0) is 51.1 Å². The largest absolute Gasteiger partial charge is 0.497 e. The van der Waals surface area contributed by atoms with E-state index in [2.05, 4.69) is 93.7 Å². The van der Waals surface area contributed by atoms with Crippen LogP contribution in [0.5, 0.6) is 23.0 Å². The zero-order valence-corrected chi connectivity index (χ0v) is 48.2. The molecule has 2 atom stereocenters. The number of likely N-dealkylation sites (N-methyl/N-ethyl adjacent to an activating group) is 1. The molecule has 11 rings (SSSR count). The van der Waals surface area contributed by atoms with Crippen LogP contribution in [0, 0.1) is 17.1 Å². The molecule has 5 heterocycles. The van der Waals surface area contributed by atoms with Gasteiger partial charge in [-0.15, -0.1) is 0 Å². The SMILES string of the molecule is COc1ccc(CN(Cc2ccc(OC)cc2)c2cc(F)c3c(c2C#N)C2(CCC3)Cc3nc(N4CC(C)(N5CCCC5)C4)nc(N(C)[C@H](C)c4cccnc4N(Cc4ccc(OC)cc4)Cc4ccc(OC)cc4)c3CN2C)cc1. The van der Waals surface area contributed by atoms with E-state index in [0.717, 1.165) is 118 Å². The number of pyridine rings is 1. The molecule has 1 unspecified atom stereocenters. The number of halogens is 1. The van der Waals surface area contributed by atoms with Crippen molar-refractivity contribution in [3.05, 3.63) is 183 Å². The molecule has 420 valence electrons. The molecule has 2 fully saturated rings. The van der Waals surface area contributed by atoms with E-state index >= 15 is 4.39 Å². The van der Waals surface area contributed by atoms with Crippen LogP contribution in [0.1, 0.15) is 101 Å². The van der Waals surface area contributed by atoms with Crippen LogP contribution in [0.25, 0.3) is 0 Å². The molecular formula is C66H75FN10O4. The molecule has 5 aromatic carbocycles. The number of hydrogen-bond donors (Lipinski definition) is 0. The number of nitrogens with zero attached hydrogens (tertiary/aromatic N) is 10. The number of anilines is 4. The first kappa shape index (κ1) is 55.0. The van der Waals surface area contributed by atoms with Gasteiger partial charge in [-0.05, 0) is 160 Å². The van der Waals surface area contributed by atoms with E-state index in [0.29, 0.717) is 68.3 Å². The minimum atomic E-state index is -0.736. The van der Waals surface area contributed by atoms with Gasteiger partial charge < -0.3 is 38.5 Å². The lowest BCUT2D eigenvalue weighted by molar-refractivity contribution is 0.0717. The number of fused-ring (bicyclic) bond motifs is 3. The lowest BCUT2D eigenvalue weighted by Gasteiger charge is -2.53. The predicted octanol–water partition coefficient (Wildman–Crippen LogP) is 11.4. The quantitative estimate of drug-likeness (QED) is 0.0764. The molecule has 14 nitrogen and oxygen atoms in total. The van der Waals surface area contributed by atoms with E-state index in [4.69, 9.17) is 33.9 Å². The van der Waals surface area contributed by atoms with Crippen LogP contribution in [0.4, 0.5) is 27.7 Å². The molecule has 0 bridgehead atoms. The Morgan fingerprint density at radius 3 is 1.72 bits per heavy atom. The first-order valence-corrected chi connectivity index (χ1v) is 28.4. The van der Waals surface area contributed by atoms with Gasteiger partial charge in [0.1, 0.15) is 46.5 Å². The maximum atomic E-state index is 17.4. The summed E-state index contributed by atoms with van der Waals surface area (Å²) in [6, 6.07) is 40.7. The minimum absolute atomic E-state index is 0.0276. The molecule has 2 saturated heterocycles. The summed E-state index contributed by atoms with van der Waals surface area (Å²) in [5.74, 6) is 5.26. The lowest BCUT2D eigenvalue weighted by atomic mass is 9.68. The van der Waals surface area contributed by atoms with Crippen molar-refractivity contribution in [2.45, 2.75) is 102 Å². The Hall–Kier alpha value is -7.93. The Morgan fingerprint density at radius 1 is 0.691 bits per heavy atom. The fourth-order valence-corrected chi connectivity index (χ4v) is 13.1. The van der Waals surface area contributed by atoms with Crippen molar-refractivity contribution in [3.8, 4) is 29.1 Å². The van der Waals surface area contributed by atoms with Crippen molar-refractivity contribution >= 4 is 23.3 Å². The number of ether oxygens (including phenoxy) is 4. The van der Waals surface area contributed by atoms with Crippen molar-refractivity contribution in [3.63, 3.8) is 0 Å². The van der Waals surface area contributed by atoms with Gasteiger partial charge in [-0.25, -0.2) is 14.4 Å². The summed E-state index contributed by atoms with van der Waals surface area (Å²) in [5, 5.41) is 11.6. The monoisotopic (exact) mass is 1090 g/mol.